The maximum atomic E-state index is 13.3. The van der Waals surface area contributed by atoms with Gasteiger partial charge in [0.25, 0.3) is 0 Å². The Morgan fingerprint density at radius 1 is 0.897 bits per heavy atom. The van der Waals surface area contributed by atoms with E-state index in [-0.39, 0.29) is 45.8 Å². The van der Waals surface area contributed by atoms with Gasteiger partial charge in [0.2, 0.25) is 11.8 Å². The molecule has 1 fully saturated rings. The number of amides is 4. The Bertz CT molecular complexity index is 1020. The van der Waals surface area contributed by atoms with E-state index in [2.05, 4.69) is 10.6 Å². The van der Waals surface area contributed by atoms with Gasteiger partial charge in [-0.25, -0.2) is 9.59 Å². The van der Waals surface area contributed by atoms with Gasteiger partial charge in [-0.15, -0.1) is 0 Å². The molecule has 12 heteroatoms. The lowest BCUT2D eigenvalue weighted by Gasteiger charge is -2.40. The van der Waals surface area contributed by atoms with Gasteiger partial charge >= 0.3 is 18.2 Å². The lowest BCUT2D eigenvalue weighted by atomic mass is 10.1. The molecule has 1 aromatic rings. The number of hydrogen-bond donors (Lipinski definition) is 2. The van der Waals surface area contributed by atoms with Gasteiger partial charge in [0.15, 0.2) is 0 Å². The molecular formula is C27H40N4O8. The van der Waals surface area contributed by atoms with Crippen molar-refractivity contribution in [2.24, 2.45) is 0 Å². The van der Waals surface area contributed by atoms with Crippen LogP contribution in [0.3, 0.4) is 0 Å². The smallest absolute Gasteiger partial charge is 0.407 e. The van der Waals surface area contributed by atoms with E-state index in [1.165, 1.54) is 9.80 Å². The fourth-order valence-corrected chi connectivity index (χ4v) is 3.75. The SMILES string of the molecule is CC(C)(C)OC(=O)CN1CCN(C(=O)CNC(=O)OCc2ccccc2)C(CCNC(=O)OC(C)(C)C)C1=O. The number of nitrogens with zero attached hydrogens (tertiary/aromatic N) is 2. The number of carbonyl (C=O) groups excluding carboxylic acids is 5. The molecule has 1 aromatic carbocycles. The van der Waals surface area contributed by atoms with E-state index in [1.54, 1.807) is 53.7 Å². The quantitative estimate of drug-likeness (QED) is 0.353. The molecule has 0 radical (unpaired) electrons. The van der Waals surface area contributed by atoms with E-state index in [0.29, 0.717) is 0 Å². The summed E-state index contributed by atoms with van der Waals surface area (Å²) in [6, 6.07) is 8.11. The zero-order valence-corrected chi connectivity index (χ0v) is 23.6. The van der Waals surface area contributed by atoms with Crippen LogP contribution in [-0.2, 0) is 35.2 Å². The van der Waals surface area contributed by atoms with Crippen LogP contribution in [0, 0.1) is 0 Å². The van der Waals surface area contributed by atoms with Crippen LogP contribution in [-0.4, -0.2) is 89.7 Å². The van der Waals surface area contributed by atoms with E-state index in [0.717, 1.165) is 5.56 Å². The highest BCUT2D eigenvalue weighted by Crippen LogP contribution is 2.16. The standard InChI is InChI=1S/C27H40N4O8/c1-26(2,3)38-22(33)17-30-14-15-31(20(23(30)34)12-13-28-25(36)39-27(4,5)6)21(32)16-29-24(35)37-18-19-10-8-7-9-11-19/h7-11,20H,12-18H2,1-6H3,(H,28,36)(H,29,35). The highest BCUT2D eigenvalue weighted by Gasteiger charge is 2.38. The van der Waals surface area contributed by atoms with Crippen molar-refractivity contribution in [3.8, 4) is 0 Å². The third kappa shape index (κ3) is 11.6. The summed E-state index contributed by atoms with van der Waals surface area (Å²) < 4.78 is 15.7. The molecule has 12 nitrogen and oxygen atoms in total. The lowest BCUT2D eigenvalue weighted by Crippen LogP contribution is -2.61. The number of carbonyl (C=O) groups is 5. The van der Waals surface area contributed by atoms with Crippen LogP contribution in [0.15, 0.2) is 30.3 Å². The molecule has 1 aliphatic rings. The number of nitrogens with one attached hydrogen (secondary N) is 2. The van der Waals surface area contributed by atoms with Crippen molar-refractivity contribution in [1.82, 2.24) is 20.4 Å². The zero-order chi connectivity index (χ0) is 29.2. The molecule has 1 atom stereocenters. The maximum absolute atomic E-state index is 13.3. The van der Waals surface area contributed by atoms with Crippen molar-refractivity contribution in [3.63, 3.8) is 0 Å². The van der Waals surface area contributed by atoms with Crippen molar-refractivity contribution in [2.45, 2.75) is 71.8 Å². The van der Waals surface area contributed by atoms with Gasteiger partial charge < -0.3 is 34.6 Å². The van der Waals surface area contributed by atoms with Gasteiger partial charge in [-0.2, -0.15) is 0 Å². The molecule has 0 bridgehead atoms. The number of esters is 1. The number of benzene rings is 1. The van der Waals surface area contributed by atoms with Crippen molar-refractivity contribution in [1.29, 1.82) is 0 Å². The summed E-state index contributed by atoms with van der Waals surface area (Å²) in [5.74, 6) is -1.53. The predicted octanol–water partition coefficient (Wildman–Crippen LogP) is 2.21. The summed E-state index contributed by atoms with van der Waals surface area (Å²) in [6.07, 6.45) is -1.35. The maximum Gasteiger partial charge on any atom is 0.407 e. The van der Waals surface area contributed by atoms with E-state index in [1.807, 2.05) is 18.2 Å². The summed E-state index contributed by atoms with van der Waals surface area (Å²) >= 11 is 0. The zero-order valence-electron chi connectivity index (χ0n) is 23.6. The third-order valence-electron chi connectivity index (χ3n) is 5.33. The molecule has 2 N–H and O–H groups in total. The Hall–Kier alpha value is -3.83. The monoisotopic (exact) mass is 548 g/mol. The van der Waals surface area contributed by atoms with Crippen LogP contribution in [0.25, 0.3) is 0 Å². The van der Waals surface area contributed by atoms with Gasteiger partial charge in [0.05, 0.1) is 0 Å². The molecule has 2 rings (SSSR count). The molecule has 0 aromatic heterocycles. The molecular weight excluding hydrogens is 508 g/mol. The predicted molar refractivity (Wildman–Crippen MR) is 141 cm³/mol. The summed E-state index contributed by atoms with van der Waals surface area (Å²) in [5, 5.41) is 5.00. The van der Waals surface area contributed by atoms with Crippen LogP contribution in [0.5, 0.6) is 0 Å². The van der Waals surface area contributed by atoms with Gasteiger partial charge in [-0.05, 0) is 53.5 Å². The average molecular weight is 549 g/mol. The summed E-state index contributed by atoms with van der Waals surface area (Å²) in [7, 11) is 0. The molecule has 1 unspecified atom stereocenters. The highest BCUT2D eigenvalue weighted by atomic mass is 16.6. The molecule has 0 aliphatic carbocycles. The minimum Gasteiger partial charge on any atom is -0.459 e. The summed E-state index contributed by atoms with van der Waals surface area (Å²) in [4.78, 5) is 65.5. The molecule has 0 saturated carbocycles. The van der Waals surface area contributed by atoms with Crippen LogP contribution in [0.1, 0.15) is 53.5 Å². The van der Waals surface area contributed by atoms with Crippen LogP contribution in [0.4, 0.5) is 9.59 Å². The van der Waals surface area contributed by atoms with E-state index in [9.17, 15) is 24.0 Å². The minimum atomic E-state index is -0.967. The molecule has 0 spiro atoms. The van der Waals surface area contributed by atoms with E-state index in [4.69, 9.17) is 14.2 Å². The van der Waals surface area contributed by atoms with Gasteiger partial charge in [0, 0.05) is 19.6 Å². The Labute approximate surface area is 229 Å². The highest BCUT2D eigenvalue weighted by molar-refractivity contribution is 5.92. The van der Waals surface area contributed by atoms with Crippen molar-refractivity contribution in [3.05, 3.63) is 35.9 Å². The molecule has 1 heterocycles. The van der Waals surface area contributed by atoms with Gasteiger partial charge in [0.1, 0.15) is 36.9 Å². The molecule has 39 heavy (non-hydrogen) atoms. The summed E-state index contributed by atoms with van der Waals surface area (Å²) in [6.45, 7) is 10.0. The first kappa shape index (κ1) is 31.4. The molecule has 216 valence electrons. The molecule has 1 saturated heterocycles. The first-order valence-electron chi connectivity index (χ1n) is 12.9. The van der Waals surface area contributed by atoms with Crippen LogP contribution in [0.2, 0.25) is 0 Å². The third-order valence-corrected chi connectivity index (χ3v) is 5.33. The number of rotatable bonds is 9. The Morgan fingerprint density at radius 3 is 2.15 bits per heavy atom. The largest absolute Gasteiger partial charge is 0.459 e. The fourth-order valence-electron chi connectivity index (χ4n) is 3.75. The minimum absolute atomic E-state index is 0.0433. The van der Waals surface area contributed by atoms with Crippen molar-refractivity contribution < 1.29 is 38.2 Å². The number of alkyl carbamates (subject to hydrolysis) is 2. The van der Waals surface area contributed by atoms with Gasteiger partial charge in [-0.3, -0.25) is 14.4 Å². The molecule has 4 amide bonds. The average Bonchev–Trinajstić information content (AvgIpc) is 2.81. The second-order valence-corrected chi connectivity index (χ2v) is 11.1. The Balaban J connectivity index is 2.00. The number of ether oxygens (including phenoxy) is 3. The number of hydrogen-bond acceptors (Lipinski definition) is 8. The van der Waals surface area contributed by atoms with E-state index >= 15 is 0 Å². The fraction of sp³-hybridized carbons (Fsp3) is 0.593. The second-order valence-electron chi connectivity index (χ2n) is 11.1. The first-order chi connectivity index (χ1) is 18.1. The topological polar surface area (TPSA) is 144 Å². The first-order valence-corrected chi connectivity index (χ1v) is 12.9. The van der Waals surface area contributed by atoms with Crippen molar-refractivity contribution >= 4 is 30.0 Å². The van der Waals surface area contributed by atoms with Crippen LogP contribution >= 0.6 is 0 Å². The Kier molecular flexibility index (Phi) is 11.1. The molecule has 1 aliphatic heterocycles. The van der Waals surface area contributed by atoms with Crippen molar-refractivity contribution in [2.75, 3.05) is 32.7 Å². The second kappa shape index (κ2) is 13.8. The van der Waals surface area contributed by atoms with Crippen LogP contribution < -0.4 is 10.6 Å². The normalized spacial score (nSPS) is 15.8. The summed E-state index contributed by atoms with van der Waals surface area (Å²) in [5.41, 5.74) is -0.615. The number of piperazine rings is 1. The van der Waals surface area contributed by atoms with E-state index < -0.39 is 47.2 Å². The Morgan fingerprint density at radius 2 is 1.54 bits per heavy atom. The lowest BCUT2D eigenvalue weighted by molar-refractivity contribution is -0.163. The van der Waals surface area contributed by atoms with Gasteiger partial charge in [-0.1, -0.05) is 30.3 Å².